The van der Waals surface area contributed by atoms with Crippen molar-refractivity contribution in [2.75, 3.05) is 32.1 Å². The Hall–Kier alpha value is -3.15. The van der Waals surface area contributed by atoms with Gasteiger partial charge in [0.05, 0.1) is 6.04 Å². The van der Waals surface area contributed by atoms with Crippen LogP contribution in [0.15, 0.2) is 90.8 Å². The zero-order valence-electron chi connectivity index (χ0n) is 20.8. The van der Waals surface area contributed by atoms with Crippen molar-refractivity contribution in [2.24, 2.45) is 5.92 Å². The Morgan fingerprint density at radius 2 is 1.66 bits per heavy atom. The lowest BCUT2D eigenvalue weighted by Gasteiger charge is -2.28. The van der Waals surface area contributed by atoms with Gasteiger partial charge in [0.25, 0.3) is 0 Å². The summed E-state index contributed by atoms with van der Waals surface area (Å²) in [6, 6.07) is 15.5. The van der Waals surface area contributed by atoms with Gasteiger partial charge in [-0.2, -0.15) is 0 Å². The molecule has 0 bridgehead atoms. The third-order valence-corrected chi connectivity index (χ3v) is 6.75. The molecule has 2 unspecified atom stereocenters. The van der Waals surface area contributed by atoms with Gasteiger partial charge in [0.15, 0.2) is 0 Å². The van der Waals surface area contributed by atoms with Gasteiger partial charge >= 0.3 is 0 Å². The van der Waals surface area contributed by atoms with E-state index < -0.39 is 0 Å². The molecule has 1 aromatic heterocycles. The molecule has 2 aromatic carbocycles. The summed E-state index contributed by atoms with van der Waals surface area (Å²) in [5, 5.41) is 7.70. The van der Waals surface area contributed by atoms with Crippen LogP contribution < -0.4 is 15.5 Å². The third kappa shape index (κ3) is 6.30. The second-order valence-corrected chi connectivity index (χ2v) is 9.15. The van der Waals surface area contributed by atoms with E-state index in [2.05, 4.69) is 81.5 Å². The maximum atomic E-state index is 13.2. The van der Waals surface area contributed by atoms with Crippen LogP contribution in [0.3, 0.4) is 0 Å². The first kappa shape index (κ1) is 25.0. The van der Waals surface area contributed by atoms with Gasteiger partial charge in [-0.05, 0) is 94.3 Å². The highest BCUT2D eigenvalue weighted by Crippen LogP contribution is 2.38. The topological polar surface area (TPSA) is 43.1 Å². The fourth-order valence-electron chi connectivity index (χ4n) is 4.87. The molecule has 0 amide bonds. The summed E-state index contributed by atoms with van der Waals surface area (Å²) in [7, 11) is 3.98. The molecule has 5 heteroatoms. The van der Waals surface area contributed by atoms with E-state index in [4.69, 9.17) is 0 Å². The van der Waals surface area contributed by atoms with Crippen LogP contribution in [0.2, 0.25) is 0 Å². The van der Waals surface area contributed by atoms with Crippen molar-refractivity contribution in [1.29, 1.82) is 0 Å². The molecule has 1 aliphatic carbocycles. The molecule has 3 aromatic rings. The zero-order valence-corrected chi connectivity index (χ0v) is 20.8. The molecule has 0 radical (unpaired) electrons. The lowest BCUT2D eigenvalue weighted by molar-refractivity contribution is 0.617. The first-order valence-corrected chi connectivity index (χ1v) is 12.6. The van der Waals surface area contributed by atoms with E-state index in [0.29, 0.717) is 12.0 Å². The molecule has 0 saturated carbocycles. The Kier molecular flexibility index (Phi) is 8.93. The number of unbranched alkanes of at least 4 members (excludes halogenated alkanes) is 1. The average Bonchev–Trinajstić information content (AvgIpc) is 3.48. The molecule has 0 spiro atoms. The van der Waals surface area contributed by atoms with E-state index in [1.54, 1.807) is 0 Å². The molecular formula is C30H37FN4. The second kappa shape index (κ2) is 12.5. The fourth-order valence-corrected chi connectivity index (χ4v) is 4.87. The van der Waals surface area contributed by atoms with Gasteiger partial charge in [0.1, 0.15) is 5.82 Å². The predicted octanol–water partition coefficient (Wildman–Crippen LogP) is 5.96. The molecule has 2 atom stereocenters. The number of benzene rings is 2. The molecule has 0 fully saturated rings. The SMILES string of the molecule is CNCCCCC1=CN(c2ccc(F)cc2)C2C=CC=CC12.CNCCc1c[nH]c2ccccc12. The fraction of sp³-hybridized carbons (Fsp3) is 0.333. The van der Waals surface area contributed by atoms with E-state index in [-0.39, 0.29) is 5.82 Å². The van der Waals surface area contributed by atoms with Crippen molar-refractivity contribution in [2.45, 2.75) is 31.7 Å². The van der Waals surface area contributed by atoms with Gasteiger partial charge in [-0.1, -0.05) is 42.5 Å². The Bertz CT molecular complexity index is 1160. The number of hydrogen-bond acceptors (Lipinski definition) is 3. The Labute approximate surface area is 208 Å². The van der Waals surface area contributed by atoms with E-state index >= 15 is 0 Å². The van der Waals surface area contributed by atoms with Crippen molar-refractivity contribution in [3.63, 3.8) is 0 Å². The van der Waals surface area contributed by atoms with Crippen LogP contribution in [0.1, 0.15) is 24.8 Å². The Balaban J connectivity index is 0.000000189. The molecule has 184 valence electrons. The van der Waals surface area contributed by atoms with Gasteiger partial charge in [-0.3, -0.25) is 0 Å². The molecule has 5 rings (SSSR count). The minimum Gasteiger partial charge on any atom is -0.361 e. The van der Waals surface area contributed by atoms with Gasteiger partial charge in [0, 0.05) is 34.9 Å². The van der Waals surface area contributed by atoms with E-state index in [0.717, 1.165) is 31.6 Å². The van der Waals surface area contributed by atoms with Crippen LogP contribution in [0.5, 0.6) is 0 Å². The molecule has 4 nitrogen and oxygen atoms in total. The standard InChI is InChI=1S/C19H23FN2.C11H14N2/c1-21-13-5-4-6-15-14-22(17-11-9-16(20)10-12-17)19-8-3-2-7-18(15)19;1-12-7-6-9-8-13-11-5-3-2-4-10(9)11/h2-3,7-12,14,18-19,21H,4-6,13H2,1H3;2-5,8,12-13H,6-7H2,1H3. The molecule has 3 N–H and O–H groups in total. The number of hydrogen-bond donors (Lipinski definition) is 3. The highest BCUT2D eigenvalue weighted by atomic mass is 19.1. The summed E-state index contributed by atoms with van der Waals surface area (Å²) < 4.78 is 13.2. The van der Waals surface area contributed by atoms with Crippen LogP contribution in [-0.2, 0) is 6.42 Å². The number of fused-ring (bicyclic) bond motifs is 2. The van der Waals surface area contributed by atoms with Crippen molar-refractivity contribution < 1.29 is 4.39 Å². The first-order chi connectivity index (χ1) is 17.2. The van der Waals surface area contributed by atoms with Gasteiger partial charge in [0.2, 0.25) is 0 Å². The number of rotatable bonds is 9. The van der Waals surface area contributed by atoms with E-state index in [9.17, 15) is 4.39 Å². The summed E-state index contributed by atoms with van der Waals surface area (Å²) in [5.41, 5.74) is 5.16. The molecule has 2 heterocycles. The first-order valence-electron chi connectivity index (χ1n) is 12.6. The minimum absolute atomic E-state index is 0.185. The number of likely N-dealkylation sites (N-methyl/N-ethyl adjacent to an activating group) is 1. The van der Waals surface area contributed by atoms with Crippen LogP contribution in [0.25, 0.3) is 10.9 Å². The molecule has 35 heavy (non-hydrogen) atoms. The quantitative estimate of drug-likeness (QED) is 0.337. The number of halogens is 1. The summed E-state index contributed by atoms with van der Waals surface area (Å²) in [4.78, 5) is 5.54. The van der Waals surface area contributed by atoms with Crippen LogP contribution >= 0.6 is 0 Å². The highest BCUT2D eigenvalue weighted by Gasteiger charge is 2.33. The molecule has 1 aliphatic heterocycles. The van der Waals surface area contributed by atoms with Crippen molar-refractivity contribution in [3.8, 4) is 0 Å². The predicted molar refractivity (Wildman–Crippen MR) is 146 cm³/mol. The lowest BCUT2D eigenvalue weighted by Crippen LogP contribution is -2.30. The van der Waals surface area contributed by atoms with Crippen LogP contribution in [-0.4, -0.2) is 38.2 Å². The van der Waals surface area contributed by atoms with Crippen molar-refractivity contribution in [1.82, 2.24) is 15.6 Å². The van der Waals surface area contributed by atoms with Gasteiger partial charge in [-0.15, -0.1) is 0 Å². The lowest BCUT2D eigenvalue weighted by atomic mass is 9.88. The Morgan fingerprint density at radius 3 is 2.46 bits per heavy atom. The zero-order chi connectivity index (χ0) is 24.5. The normalized spacial score (nSPS) is 18.4. The van der Waals surface area contributed by atoms with E-state index in [1.165, 1.54) is 47.0 Å². The maximum absolute atomic E-state index is 13.2. The minimum atomic E-state index is -0.185. The number of H-pyrrole nitrogens is 1. The number of allylic oxidation sites excluding steroid dienone is 2. The number of para-hydroxylation sites is 1. The van der Waals surface area contributed by atoms with Crippen molar-refractivity contribution >= 4 is 16.6 Å². The number of nitrogens with zero attached hydrogens (tertiary/aromatic N) is 1. The molecular weight excluding hydrogens is 435 g/mol. The van der Waals surface area contributed by atoms with Crippen LogP contribution in [0, 0.1) is 11.7 Å². The summed E-state index contributed by atoms with van der Waals surface area (Å²) in [6.45, 7) is 2.10. The maximum Gasteiger partial charge on any atom is 0.123 e. The molecule has 0 saturated heterocycles. The number of aromatic nitrogens is 1. The van der Waals surface area contributed by atoms with Crippen molar-refractivity contribution in [3.05, 3.63) is 102 Å². The highest BCUT2D eigenvalue weighted by molar-refractivity contribution is 5.83. The third-order valence-electron chi connectivity index (χ3n) is 6.75. The summed E-state index contributed by atoms with van der Waals surface area (Å²) in [5.74, 6) is 0.263. The smallest absolute Gasteiger partial charge is 0.123 e. The number of aromatic amines is 1. The Morgan fingerprint density at radius 1 is 0.886 bits per heavy atom. The number of anilines is 1. The van der Waals surface area contributed by atoms with Crippen LogP contribution in [0.4, 0.5) is 10.1 Å². The summed E-state index contributed by atoms with van der Waals surface area (Å²) in [6.07, 6.45) is 17.7. The average molecular weight is 473 g/mol. The van der Waals surface area contributed by atoms with Gasteiger partial charge in [-0.25, -0.2) is 4.39 Å². The van der Waals surface area contributed by atoms with Gasteiger partial charge < -0.3 is 20.5 Å². The summed E-state index contributed by atoms with van der Waals surface area (Å²) >= 11 is 0. The largest absolute Gasteiger partial charge is 0.361 e. The van der Waals surface area contributed by atoms with E-state index in [1.807, 2.05) is 26.2 Å². The number of nitrogens with one attached hydrogen (secondary N) is 3. The monoisotopic (exact) mass is 472 g/mol. The second-order valence-electron chi connectivity index (χ2n) is 9.15. The molecule has 2 aliphatic rings.